The van der Waals surface area contributed by atoms with Gasteiger partial charge in [-0.05, 0) is 49.2 Å². The second-order valence-electron chi connectivity index (χ2n) is 7.41. The monoisotopic (exact) mass is 443 g/mol. The second-order valence-corrected chi connectivity index (χ2v) is 7.81. The van der Waals surface area contributed by atoms with Crippen molar-refractivity contribution in [3.05, 3.63) is 65.6 Å². The minimum Gasteiger partial charge on any atom is -0.370 e. The number of pyridine rings is 1. The maximum Gasteiger partial charge on any atom is 0.434 e. The van der Waals surface area contributed by atoms with E-state index in [9.17, 15) is 13.2 Å². The quantitative estimate of drug-likeness (QED) is 0.405. The van der Waals surface area contributed by atoms with Gasteiger partial charge in [0, 0.05) is 30.4 Å². The van der Waals surface area contributed by atoms with Crippen molar-refractivity contribution in [1.29, 1.82) is 0 Å². The summed E-state index contributed by atoms with van der Waals surface area (Å²) in [6, 6.07) is 11.7. The van der Waals surface area contributed by atoms with Crippen LogP contribution in [0.5, 0.6) is 0 Å². The Bertz CT molecular complexity index is 1260. The molecule has 5 nitrogen and oxygen atoms in total. The lowest BCUT2D eigenvalue weighted by Crippen LogP contribution is -2.17. The molecule has 1 saturated heterocycles. The third-order valence-corrected chi connectivity index (χ3v) is 5.68. The van der Waals surface area contributed by atoms with Crippen molar-refractivity contribution in [2.24, 2.45) is 0 Å². The topological polar surface area (TPSA) is 46.3 Å². The van der Waals surface area contributed by atoms with Gasteiger partial charge in [-0.1, -0.05) is 17.7 Å². The van der Waals surface area contributed by atoms with Crippen LogP contribution in [0.1, 0.15) is 18.5 Å². The molecule has 0 bridgehead atoms. The van der Waals surface area contributed by atoms with Crippen molar-refractivity contribution in [3.8, 4) is 22.5 Å². The van der Waals surface area contributed by atoms with E-state index in [1.54, 1.807) is 12.3 Å². The molecule has 0 unspecified atom stereocenters. The molecule has 0 aliphatic carbocycles. The van der Waals surface area contributed by atoms with E-state index < -0.39 is 11.9 Å². The van der Waals surface area contributed by atoms with Crippen LogP contribution in [0.15, 0.2) is 54.9 Å². The molecule has 0 atom stereocenters. The Labute approximate surface area is 181 Å². The molecule has 0 amide bonds. The highest BCUT2D eigenvalue weighted by molar-refractivity contribution is 6.33. The zero-order valence-corrected chi connectivity index (χ0v) is 17.0. The van der Waals surface area contributed by atoms with E-state index in [4.69, 9.17) is 11.6 Å². The molecule has 3 aromatic heterocycles. The number of nitrogens with zero attached hydrogens (tertiary/aromatic N) is 5. The molecule has 1 aliphatic heterocycles. The van der Waals surface area contributed by atoms with Crippen molar-refractivity contribution in [2.45, 2.75) is 19.0 Å². The van der Waals surface area contributed by atoms with Crippen LogP contribution in [0.25, 0.3) is 28.2 Å². The van der Waals surface area contributed by atoms with Crippen LogP contribution in [-0.4, -0.2) is 32.7 Å². The summed E-state index contributed by atoms with van der Waals surface area (Å²) in [5.74, 6) is 0. The van der Waals surface area contributed by atoms with Gasteiger partial charge in [0.2, 0.25) is 0 Å². The van der Waals surface area contributed by atoms with Crippen molar-refractivity contribution in [3.63, 3.8) is 0 Å². The maximum absolute atomic E-state index is 13.3. The van der Waals surface area contributed by atoms with Gasteiger partial charge in [0.25, 0.3) is 0 Å². The van der Waals surface area contributed by atoms with Gasteiger partial charge in [-0.15, -0.1) is 0 Å². The van der Waals surface area contributed by atoms with Crippen molar-refractivity contribution < 1.29 is 13.2 Å². The number of aromatic nitrogens is 4. The molecule has 31 heavy (non-hydrogen) atoms. The Balaban J connectivity index is 1.55. The highest BCUT2D eigenvalue weighted by atomic mass is 35.5. The highest BCUT2D eigenvalue weighted by Crippen LogP contribution is 2.35. The first-order valence-electron chi connectivity index (χ1n) is 9.84. The zero-order valence-electron chi connectivity index (χ0n) is 16.3. The van der Waals surface area contributed by atoms with E-state index in [0.717, 1.165) is 43.4 Å². The fourth-order valence-electron chi connectivity index (χ4n) is 3.88. The lowest BCUT2D eigenvalue weighted by Gasteiger charge is -2.19. The Kier molecular flexibility index (Phi) is 4.81. The predicted molar refractivity (Wildman–Crippen MR) is 113 cm³/mol. The number of hydrogen-bond donors (Lipinski definition) is 0. The molecule has 0 radical (unpaired) electrons. The fourth-order valence-corrected chi connectivity index (χ4v) is 4.11. The first kappa shape index (κ1) is 19.8. The first-order valence-corrected chi connectivity index (χ1v) is 10.2. The van der Waals surface area contributed by atoms with E-state index in [-0.39, 0.29) is 11.3 Å². The Morgan fingerprint density at radius 3 is 2.55 bits per heavy atom. The van der Waals surface area contributed by atoms with E-state index in [0.29, 0.717) is 16.4 Å². The summed E-state index contributed by atoms with van der Waals surface area (Å²) in [4.78, 5) is 10.3. The smallest absolute Gasteiger partial charge is 0.370 e. The van der Waals surface area contributed by atoms with E-state index in [1.165, 1.54) is 22.7 Å². The first-order chi connectivity index (χ1) is 14.9. The molecule has 0 spiro atoms. The van der Waals surface area contributed by atoms with Gasteiger partial charge in [0.15, 0.2) is 11.3 Å². The minimum atomic E-state index is -4.57. The largest absolute Gasteiger partial charge is 0.434 e. The van der Waals surface area contributed by atoms with Crippen LogP contribution >= 0.6 is 11.6 Å². The van der Waals surface area contributed by atoms with Crippen LogP contribution in [0, 0.1) is 0 Å². The molecule has 4 heterocycles. The molecule has 4 aromatic rings. The molecular weight excluding hydrogens is 427 g/mol. The number of imidazole rings is 1. The molecule has 1 aromatic carbocycles. The summed E-state index contributed by atoms with van der Waals surface area (Å²) in [5.41, 5.74) is 2.18. The number of anilines is 1. The molecule has 0 saturated carbocycles. The lowest BCUT2D eigenvalue weighted by atomic mass is 10.1. The summed E-state index contributed by atoms with van der Waals surface area (Å²) in [6.45, 7) is 1.93. The van der Waals surface area contributed by atoms with Gasteiger partial charge >= 0.3 is 6.18 Å². The maximum atomic E-state index is 13.3. The number of benzene rings is 1. The van der Waals surface area contributed by atoms with Gasteiger partial charge < -0.3 is 4.90 Å². The van der Waals surface area contributed by atoms with Crippen LogP contribution < -0.4 is 4.90 Å². The summed E-state index contributed by atoms with van der Waals surface area (Å²) in [7, 11) is 0. The average Bonchev–Trinajstić information content (AvgIpc) is 3.43. The van der Waals surface area contributed by atoms with Gasteiger partial charge in [-0.25, -0.2) is 9.50 Å². The summed E-state index contributed by atoms with van der Waals surface area (Å²) in [5, 5.41) is 5.05. The normalized spacial score (nSPS) is 14.5. The van der Waals surface area contributed by atoms with Crippen LogP contribution in [0.3, 0.4) is 0 Å². The van der Waals surface area contributed by atoms with E-state index >= 15 is 0 Å². The molecule has 158 valence electrons. The number of fused-ring (bicyclic) bond motifs is 1. The lowest BCUT2D eigenvalue weighted by molar-refractivity contribution is -0.140. The van der Waals surface area contributed by atoms with Gasteiger partial charge in [-0.3, -0.25) is 4.98 Å². The number of alkyl halides is 3. The molecule has 1 fully saturated rings. The zero-order chi connectivity index (χ0) is 21.6. The second kappa shape index (κ2) is 7.53. The van der Waals surface area contributed by atoms with Gasteiger partial charge in [0.05, 0.1) is 28.3 Å². The number of halogens is 4. The fraction of sp³-hybridized carbons (Fsp3) is 0.227. The Morgan fingerprint density at radius 1 is 0.968 bits per heavy atom. The van der Waals surface area contributed by atoms with Crippen LogP contribution in [0.4, 0.5) is 18.9 Å². The SMILES string of the molecule is FC(F)(F)c1ncccc1-c1ccc2nc(-c3ccc(Cl)c(N4CCCC4)c3)cn2n1. The molecule has 0 N–H and O–H groups in total. The van der Waals surface area contributed by atoms with Crippen LogP contribution in [-0.2, 0) is 6.18 Å². The Morgan fingerprint density at radius 2 is 1.77 bits per heavy atom. The molecule has 9 heteroatoms. The van der Waals surface area contributed by atoms with Crippen molar-refractivity contribution in [1.82, 2.24) is 19.6 Å². The van der Waals surface area contributed by atoms with E-state index in [1.807, 2.05) is 18.2 Å². The summed E-state index contributed by atoms with van der Waals surface area (Å²) >= 11 is 6.41. The van der Waals surface area contributed by atoms with Crippen molar-refractivity contribution in [2.75, 3.05) is 18.0 Å². The average molecular weight is 444 g/mol. The van der Waals surface area contributed by atoms with Gasteiger partial charge in [-0.2, -0.15) is 18.3 Å². The molecule has 1 aliphatic rings. The summed E-state index contributed by atoms with van der Waals surface area (Å²) < 4.78 is 41.5. The highest BCUT2D eigenvalue weighted by Gasteiger charge is 2.35. The number of rotatable bonds is 3. The third-order valence-electron chi connectivity index (χ3n) is 5.36. The third kappa shape index (κ3) is 3.72. The minimum absolute atomic E-state index is 0.0741. The standard InChI is InChI=1S/C22H17ClF3N5/c23-16-6-5-14(12-19(16)30-10-1-2-11-30)18-13-31-20(28-18)8-7-17(29-31)15-4-3-9-27-21(15)22(24,25)26/h3-9,12-13H,1-2,10-11H2. The predicted octanol–water partition coefficient (Wildman–Crippen LogP) is 5.73. The molecular formula is C22H17ClF3N5. The summed E-state index contributed by atoms with van der Waals surface area (Å²) in [6.07, 6.45) is 0.534. The molecule has 5 rings (SSSR count). The van der Waals surface area contributed by atoms with E-state index in [2.05, 4.69) is 20.0 Å². The van der Waals surface area contributed by atoms with Crippen LogP contribution in [0.2, 0.25) is 5.02 Å². The number of hydrogen-bond acceptors (Lipinski definition) is 4. The van der Waals surface area contributed by atoms with Gasteiger partial charge in [0.1, 0.15) is 0 Å². The van der Waals surface area contributed by atoms with Crippen molar-refractivity contribution >= 4 is 22.9 Å². The Hall–Kier alpha value is -3.13.